The second-order valence-electron chi connectivity index (χ2n) is 39.6. The summed E-state index contributed by atoms with van der Waals surface area (Å²) in [5.41, 5.74) is 14.9. The topological polar surface area (TPSA) is 441 Å². The van der Waals surface area contributed by atoms with Crippen molar-refractivity contribution in [1.82, 2.24) is 0 Å². The van der Waals surface area contributed by atoms with E-state index in [0.717, 1.165) is 164 Å². The third kappa shape index (κ3) is 24.3. The van der Waals surface area contributed by atoms with Crippen LogP contribution in [-0.4, -0.2) is 154 Å². The van der Waals surface area contributed by atoms with Crippen molar-refractivity contribution < 1.29 is 114 Å². The lowest BCUT2D eigenvalue weighted by atomic mass is 9.80. The number of amides is 4. The Kier molecular flexibility index (Phi) is 38.9. The first-order chi connectivity index (χ1) is 70.0. The van der Waals surface area contributed by atoms with Crippen LogP contribution in [0.5, 0.6) is 86.2 Å². The Balaban J connectivity index is 0.000000156. The maximum absolute atomic E-state index is 13.2. The molecule has 10 aromatic carbocycles. The van der Waals surface area contributed by atoms with Gasteiger partial charge in [0, 0.05) is 127 Å². The van der Waals surface area contributed by atoms with E-state index in [1.54, 1.807) is 54.8 Å². The van der Waals surface area contributed by atoms with Crippen LogP contribution < -0.4 is 23.9 Å². The fraction of sp³-hybridized carbons (Fsp3) is 0.429. The number of aromatic hydroxyl groups is 15. The number of phenols is 15. The fourth-order valence-corrected chi connectivity index (χ4v) is 26.9. The van der Waals surface area contributed by atoms with Gasteiger partial charge in [-0.2, -0.15) is 0 Å². The van der Waals surface area contributed by atoms with Gasteiger partial charge in [0.2, 0.25) is 17.6 Å². The van der Waals surface area contributed by atoms with Gasteiger partial charge in [0.1, 0.15) is 81.2 Å². The van der Waals surface area contributed by atoms with Gasteiger partial charge in [0.25, 0.3) is 10.0 Å². The van der Waals surface area contributed by atoms with Gasteiger partial charge < -0.3 is 95.9 Å². The van der Waals surface area contributed by atoms with E-state index in [9.17, 15) is 104 Å². The molecule has 3 aliphatic carbocycles. The number of anilines is 5. The predicted octanol–water partition coefficient (Wildman–Crippen LogP) is 29.2. The standard InChI is InChI=1S/C26H24BrNO4.C18H20BrNO4S.C16H22BrNO4.C15H20BrNO3.C13H16BrNO3.C12H15BrO3.C12H15BrO2/c1-2-15-11-12-28(25-23(15)21(29)13-22(30)24(25)27)26(31)32-14-20-18-9-5-3-7-16(18)17-8-4-6-10-19(17)20;1-3-12-8-9-20(18-16(12)14(21)10-15(22)17(18)19)25(23,24)13-6-4-11(2)5-7-13;1-5-9-6-7-18(15(21)22-16(2,3)4)14-12(9)10(19)8-11(20)13(14)17;1-4-9-5-6-17(15(20)8(2)3)14-12(9)10(18)7-11(19)13(14)16;1-3-8-4-5-15(7(2)16)13-11(8)9(17)6-10(18)12(13)14;1-2-6-4-3-5-7-8(6)10(14)12(16)11(15)9(7)13;1-2-7-4-3-5-8-11(7)9(14)6-10(15)12(8)13/h3-10,13,15,20,29-30H,2,11-12,14H2,1H3;4-7,10,12,21-22H,3,8-9H2,1-2H3;8-9,19-20H,5-7H2,1-4H3;7-9,18-19H,4-6H2,1-3H3;6,8,17-18H,3-5H2,1-2H3;6,14-16H,2-5H2,1H3;6-7,14-15H,2-5H2,1H3/t15-;12-;2*9-;8-;6-;7-/m1111111/s1. The summed E-state index contributed by atoms with van der Waals surface area (Å²) in [6.07, 6.45) is 15.1. The Bertz CT molecular complexity index is 6700. The van der Waals surface area contributed by atoms with Gasteiger partial charge in [-0.25, -0.2) is 18.0 Å². The van der Waals surface area contributed by atoms with E-state index in [1.807, 2.05) is 58.9 Å². The first-order valence-electron chi connectivity index (χ1n) is 50.2. The smallest absolute Gasteiger partial charge is 0.414 e. The molecule has 0 saturated carbocycles. The van der Waals surface area contributed by atoms with E-state index in [-0.39, 0.29) is 156 Å². The van der Waals surface area contributed by atoms with E-state index in [4.69, 9.17) is 9.47 Å². The molecular formula is C112H132Br7N5O23S. The van der Waals surface area contributed by atoms with E-state index in [2.05, 4.69) is 170 Å². The number of hydrogen-bond acceptors (Lipinski definition) is 23. The molecule has 0 bridgehead atoms. The summed E-state index contributed by atoms with van der Waals surface area (Å²) in [6, 6.07) is 31.1. The van der Waals surface area contributed by atoms with Crippen LogP contribution in [0.3, 0.4) is 0 Å². The second-order valence-corrected chi connectivity index (χ2v) is 47.0. The Morgan fingerprint density at radius 3 is 1.07 bits per heavy atom. The van der Waals surface area contributed by atoms with E-state index in [1.165, 1.54) is 68.6 Å². The molecule has 148 heavy (non-hydrogen) atoms. The molecule has 4 amide bonds. The van der Waals surface area contributed by atoms with Crippen LogP contribution in [0.2, 0.25) is 0 Å². The Labute approximate surface area is 923 Å². The number of halogens is 7. The van der Waals surface area contributed by atoms with Crippen molar-refractivity contribution in [2.24, 2.45) is 5.92 Å². The number of fused-ring (bicyclic) bond motifs is 10. The van der Waals surface area contributed by atoms with Gasteiger partial charge in [-0.3, -0.25) is 23.7 Å². The third-order valence-electron chi connectivity index (χ3n) is 29.1. The molecule has 10 aromatic rings. The van der Waals surface area contributed by atoms with Gasteiger partial charge in [-0.1, -0.05) is 129 Å². The lowest BCUT2D eigenvalue weighted by Gasteiger charge is -2.36. The number of carbonyl (C=O) groups is 4. The average Bonchev–Trinajstić information content (AvgIpc) is 1.56. The molecule has 18 rings (SSSR count). The van der Waals surface area contributed by atoms with Gasteiger partial charge in [0.15, 0.2) is 11.5 Å². The Hall–Kier alpha value is -10.2. The number of rotatable bonds is 12. The minimum absolute atomic E-state index is 0.00342. The zero-order valence-corrected chi connectivity index (χ0v) is 97.2. The Morgan fingerprint density at radius 1 is 0.372 bits per heavy atom. The van der Waals surface area contributed by atoms with Gasteiger partial charge >= 0.3 is 12.2 Å². The van der Waals surface area contributed by atoms with Gasteiger partial charge in [-0.05, 0) is 342 Å². The highest BCUT2D eigenvalue weighted by molar-refractivity contribution is 9.11. The zero-order valence-electron chi connectivity index (χ0n) is 85.3. The first kappa shape index (κ1) is 116. The van der Waals surface area contributed by atoms with Crippen molar-refractivity contribution in [2.75, 3.05) is 63.2 Å². The number of phenolic OH excluding ortho intramolecular Hbond substituents is 15. The van der Waals surface area contributed by atoms with Crippen molar-refractivity contribution in [3.8, 4) is 97.4 Å². The van der Waals surface area contributed by atoms with Crippen LogP contribution in [0, 0.1) is 12.8 Å². The monoisotopic (exact) mass is 2500 g/mol. The number of nitrogens with zero attached hydrogens (tertiary/aromatic N) is 5. The van der Waals surface area contributed by atoms with Crippen LogP contribution >= 0.6 is 112 Å². The summed E-state index contributed by atoms with van der Waals surface area (Å²) in [4.78, 5) is 56.2. The summed E-state index contributed by atoms with van der Waals surface area (Å²) in [5, 5.41) is 150. The highest BCUT2D eigenvalue weighted by atomic mass is 79.9. The lowest BCUT2D eigenvalue weighted by Crippen LogP contribution is -2.40. The second kappa shape index (κ2) is 49.5. The minimum atomic E-state index is -3.80. The fourth-order valence-electron chi connectivity index (χ4n) is 21.5. The summed E-state index contributed by atoms with van der Waals surface area (Å²) < 4.78 is 42.2. The normalized spacial score (nSPS) is 18.1. The summed E-state index contributed by atoms with van der Waals surface area (Å²) >= 11 is 23.4. The van der Waals surface area contributed by atoms with Crippen molar-refractivity contribution in [3.63, 3.8) is 0 Å². The highest BCUT2D eigenvalue weighted by Gasteiger charge is 2.43. The molecule has 0 saturated heterocycles. The predicted molar refractivity (Wildman–Crippen MR) is 601 cm³/mol. The summed E-state index contributed by atoms with van der Waals surface area (Å²) in [7, 11) is -3.80. The largest absolute Gasteiger partial charge is 0.508 e. The molecule has 0 aromatic heterocycles. The molecule has 36 heteroatoms. The van der Waals surface area contributed by atoms with Crippen LogP contribution in [0.4, 0.5) is 38.0 Å². The van der Waals surface area contributed by atoms with Crippen LogP contribution in [-0.2, 0) is 41.9 Å². The molecule has 5 heterocycles. The Morgan fingerprint density at radius 2 is 0.689 bits per heavy atom. The van der Waals surface area contributed by atoms with Gasteiger partial charge in [-0.15, -0.1) is 0 Å². The quantitative estimate of drug-likeness (QED) is 0.0505. The highest BCUT2D eigenvalue weighted by Crippen LogP contribution is 2.59. The molecule has 7 atom stereocenters. The number of hydrogen-bond donors (Lipinski definition) is 15. The molecule has 8 aliphatic rings. The van der Waals surface area contributed by atoms with Crippen molar-refractivity contribution >= 4 is 174 Å². The van der Waals surface area contributed by atoms with Crippen molar-refractivity contribution in [2.45, 2.75) is 270 Å². The lowest BCUT2D eigenvalue weighted by molar-refractivity contribution is -0.121. The van der Waals surface area contributed by atoms with E-state index in [0.29, 0.717) is 113 Å². The number of ether oxygens (including phenoxy) is 2. The van der Waals surface area contributed by atoms with Crippen molar-refractivity contribution in [1.29, 1.82) is 0 Å². The average molecular weight is 2510 g/mol. The molecule has 5 aliphatic heterocycles. The molecule has 0 radical (unpaired) electrons. The number of carbonyl (C=O) groups excluding carboxylic acids is 4. The minimum Gasteiger partial charge on any atom is -0.508 e. The van der Waals surface area contributed by atoms with E-state index < -0.39 is 33.6 Å². The molecular weight excluding hydrogens is 2370 g/mol. The van der Waals surface area contributed by atoms with Crippen LogP contribution in [0.15, 0.2) is 145 Å². The summed E-state index contributed by atoms with van der Waals surface area (Å²) in [6.45, 7) is 29.6. The first-order valence-corrected chi connectivity index (χ1v) is 57.2. The molecule has 0 unspecified atom stereocenters. The summed E-state index contributed by atoms with van der Waals surface area (Å²) in [5.74, 6) is 0.344. The molecule has 28 nitrogen and oxygen atoms in total. The number of sulfonamides is 1. The SMILES string of the molecule is CC[C@@H]1CCCc2c(Br)c(O)c(O)c(O)c21.CC[C@@H]1CCCc2c(Br)c(O)cc(O)c21.CC[C@@H]1CCN(C(=O)C(C)C)c2c(Br)c(O)cc(O)c21.CC[C@@H]1CCN(C(=O)OC(C)(C)C)c2c(Br)c(O)cc(O)c21.CC[C@@H]1CCN(C(=O)OCC2c3ccccc3-c3ccccc32)c2c(Br)c(O)cc(O)c21.CC[C@@H]1CCN(C(C)=O)c2c(Br)c(O)cc(O)c21.CC[C@@H]1CCN(S(=O)(=O)c2ccc(C)cc2)c2c(Br)c(O)cc(O)c21. The molecule has 798 valence electrons. The maximum Gasteiger partial charge on any atom is 0.414 e. The van der Waals surface area contributed by atoms with Crippen molar-refractivity contribution in [3.05, 3.63) is 207 Å². The zero-order chi connectivity index (χ0) is 109. The van der Waals surface area contributed by atoms with Crippen LogP contribution in [0.1, 0.15) is 307 Å². The number of aryl methyl sites for hydroxylation is 1. The molecule has 0 spiro atoms. The van der Waals surface area contributed by atoms with Crippen LogP contribution in [0.25, 0.3) is 11.1 Å². The maximum atomic E-state index is 13.2. The van der Waals surface area contributed by atoms with E-state index >= 15 is 0 Å². The van der Waals surface area contributed by atoms with Gasteiger partial charge in [0.05, 0.1) is 64.6 Å². The number of benzene rings is 10. The molecule has 15 N–H and O–H groups in total. The molecule has 0 fully saturated rings. The third-order valence-corrected chi connectivity index (χ3v) is 36.5.